The fourth-order valence-electron chi connectivity index (χ4n) is 4.55. The summed E-state index contributed by atoms with van der Waals surface area (Å²) in [6.45, 7) is 1.74. The lowest BCUT2D eigenvalue weighted by molar-refractivity contribution is -0.141. The highest BCUT2D eigenvalue weighted by molar-refractivity contribution is 6.39. The second-order valence-electron chi connectivity index (χ2n) is 8.30. The van der Waals surface area contributed by atoms with Crippen molar-refractivity contribution in [2.75, 3.05) is 13.1 Å². The number of piperidine rings is 1. The Morgan fingerprint density at radius 1 is 1.21 bits per heavy atom. The van der Waals surface area contributed by atoms with Crippen LogP contribution in [0.2, 0.25) is 0 Å². The third-order valence-corrected chi connectivity index (χ3v) is 6.13. The lowest BCUT2D eigenvalue weighted by Crippen LogP contribution is -2.51. The van der Waals surface area contributed by atoms with Crippen molar-refractivity contribution in [2.24, 2.45) is 11.1 Å². The monoisotopic (exact) mass is 384 g/mol. The minimum Gasteiger partial charge on any atom is -0.386 e. The summed E-state index contributed by atoms with van der Waals surface area (Å²) in [7, 11) is 0. The van der Waals surface area contributed by atoms with E-state index >= 15 is 0 Å². The Hall–Kier alpha value is -2.44. The van der Waals surface area contributed by atoms with Gasteiger partial charge in [0, 0.05) is 38.3 Å². The lowest BCUT2D eigenvalue weighted by atomic mass is 9.87. The minimum absolute atomic E-state index is 0.205. The van der Waals surface area contributed by atoms with Gasteiger partial charge in [-0.15, -0.1) is 0 Å². The van der Waals surface area contributed by atoms with Gasteiger partial charge in [0.25, 0.3) is 5.91 Å². The van der Waals surface area contributed by atoms with Crippen LogP contribution in [0.3, 0.4) is 0 Å². The lowest BCUT2D eigenvalue weighted by Gasteiger charge is -2.38. The van der Waals surface area contributed by atoms with Crippen molar-refractivity contribution in [2.45, 2.75) is 63.5 Å². The van der Waals surface area contributed by atoms with E-state index in [0.29, 0.717) is 37.6 Å². The number of hydrogen-bond donors (Lipinski definition) is 1. The van der Waals surface area contributed by atoms with Crippen molar-refractivity contribution in [3.8, 4) is 0 Å². The third kappa shape index (κ3) is 4.34. The van der Waals surface area contributed by atoms with E-state index in [1.165, 1.54) is 25.7 Å². The largest absolute Gasteiger partial charge is 0.386 e. The predicted octanol–water partition coefficient (Wildman–Crippen LogP) is 2.42. The SMILES string of the molecule is O=C(NCc1ccncc1)C1=NOC2(CCCN(C(=O)CC3CCCC3)C2)C1. The van der Waals surface area contributed by atoms with Crippen LogP contribution in [-0.4, -0.2) is 46.1 Å². The molecule has 28 heavy (non-hydrogen) atoms. The summed E-state index contributed by atoms with van der Waals surface area (Å²) in [5, 5.41) is 6.96. The molecule has 1 saturated carbocycles. The van der Waals surface area contributed by atoms with Gasteiger partial charge in [-0.3, -0.25) is 14.6 Å². The molecule has 1 aromatic rings. The summed E-state index contributed by atoms with van der Waals surface area (Å²) in [6, 6.07) is 3.73. The molecule has 1 aliphatic carbocycles. The molecule has 2 fully saturated rings. The van der Waals surface area contributed by atoms with Crippen LogP contribution in [0.25, 0.3) is 0 Å². The Bertz CT molecular complexity index is 745. The van der Waals surface area contributed by atoms with E-state index in [9.17, 15) is 9.59 Å². The van der Waals surface area contributed by atoms with Crippen LogP contribution in [0.4, 0.5) is 0 Å². The number of aromatic nitrogens is 1. The number of hydrogen-bond acceptors (Lipinski definition) is 5. The summed E-state index contributed by atoms with van der Waals surface area (Å²) in [5.74, 6) is 0.564. The molecule has 0 aromatic carbocycles. The number of pyridine rings is 1. The van der Waals surface area contributed by atoms with Crippen LogP contribution >= 0.6 is 0 Å². The van der Waals surface area contributed by atoms with Crippen molar-refractivity contribution >= 4 is 17.5 Å². The molecule has 1 aromatic heterocycles. The van der Waals surface area contributed by atoms with Crippen LogP contribution < -0.4 is 5.32 Å². The molecule has 1 unspecified atom stereocenters. The number of nitrogens with one attached hydrogen (secondary N) is 1. The maximum atomic E-state index is 12.7. The second-order valence-corrected chi connectivity index (χ2v) is 8.30. The number of carbonyl (C=O) groups is 2. The average Bonchev–Trinajstić information content (AvgIpc) is 3.37. The molecule has 2 aliphatic heterocycles. The molecule has 3 aliphatic rings. The van der Waals surface area contributed by atoms with Gasteiger partial charge in [-0.05, 0) is 49.3 Å². The first-order chi connectivity index (χ1) is 13.6. The van der Waals surface area contributed by atoms with Crippen molar-refractivity contribution in [3.63, 3.8) is 0 Å². The molecule has 1 spiro atoms. The highest BCUT2D eigenvalue weighted by atomic mass is 16.7. The number of nitrogens with zero attached hydrogens (tertiary/aromatic N) is 3. The fourth-order valence-corrected chi connectivity index (χ4v) is 4.55. The van der Waals surface area contributed by atoms with Crippen LogP contribution in [-0.2, 0) is 21.0 Å². The van der Waals surface area contributed by atoms with Gasteiger partial charge in [-0.25, -0.2) is 0 Å². The van der Waals surface area contributed by atoms with Crippen molar-refractivity contribution in [3.05, 3.63) is 30.1 Å². The van der Waals surface area contributed by atoms with Crippen molar-refractivity contribution in [1.82, 2.24) is 15.2 Å². The maximum Gasteiger partial charge on any atom is 0.269 e. The number of oxime groups is 1. The van der Waals surface area contributed by atoms with Crippen LogP contribution in [0.15, 0.2) is 29.7 Å². The first-order valence-electron chi connectivity index (χ1n) is 10.3. The van der Waals surface area contributed by atoms with Gasteiger partial charge >= 0.3 is 0 Å². The molecule has 4 rings (SSSR count). The molecule has 3 heterocycles. The molecule has 0 radical (unpaired) electrons. The van der Waals surface area contributed by atoms with E-state index in [2.05, 4.69) is 15.5 Å². The molecule has 1 saturated heterocycles. The van der Waals surface area contributed by atoms with E-state index in [4.69, 9.17) is 4.84 Å². The normalized spacial score (nSPS) is 24.9. The van der Waals surface area contributed by atoms with Gasteiger partial charge in [-0.2, -0.15) is 0 Å². The molecular weight excluding hydrogens is 356 g/mol. The Labute approximate surface area is 165 Å². The number of carbonyl (C=O) groups excluding carboxylic acids is 2. The second kappa shape index (κ2) is 8.29. The standard InChI is InChI=1S/C21H28N4O3/c26-19(12-16-4-1-2-5-16)25-11-3-8-21(15-25)13-18(24-28-21)20(27)23-14-17-6-9-22-10-7-17/h6-7,9-10,16H,1-5,8,11-15H2,(H,23,27). The van der Waals surface area contributed by atoms with Gasteiger partial charge in [0.1, 0.15) is 5.71 Å². The predicted molar refractivity (Wildman–Crippen MR) is 104 cm³/mol. The number of likely N-dealkylation sites (tertiary alicyclic amines) is 1. The zero-order chi connectivity index (χ0) is 19.4. The van der Waals surface area contributed by atoms with Crippen molar-refractivity contribution < 1.29 is 14.4 Å². The van der Waals surface area contributed by atoms with Crippen LogP contribution in [0.5, 0.6) is 0 Å². The topological polar surface area (TPSA) is 83.9 Å². The van der Waals surface area contributed by atoms with E-state index < -0.39 is 5.60 Å². The summed E-state index contributed by atoms with van der Waals surface area (Å²) in [6.07, 6.45) is 11.1. The van der Waals surface area contributed by atoms with E-state index in [1.807, 2.05) is 17.0 Å². The smallest absolute Gasteiger partial charge is 0.269 e. The summed E-state index contributed by atoms with van der Waals surface area (Å²) in [5.41, 5.74) is 0.866. The zero-order valence-electron chi connectivity index (χ0n) is 16.2. The van der Waals surface area contributed by atoms with Crippen LogP contribution in [0.1, 0.15) is 56.9 Å². The Balaban J connectivity index is 1.29. The third-order valence-electron chi connectivity index (χ3n) is 6.13. The zero-order valence-corrected chi connectivity index (χ0v) is 16.2. The van der Waals surface area contributed by atoms with Crippen molar-refractivity contribution in [1.29, 1.82) is 0 Å². The molecular formula is C21H28N4O3. The molecule has 1 N–H and O–H groups in total. The number of rotatable bonds is 5. The van der Waals surface area contributed by atoms with Gasteiger partial charge in [-0.1, -0.05) is 18.0 Å². The highest BCUT2D eigenvalue weighted by Gasteiger charge is 2.45. The Morgan fingerprint density at radius 2 is 2.00 bits per heavy atom. The first-order valence-corrected chi connectivity index (χ1v) is 10.3. The molecule has 150 valence electrons. The van der Waals surface area contributed by atoms with Crippen LogP contribution in [0, 0.1) is 5.92 Å². The van der Waals surface area contributed by atoms with E-state index in [-0.39, 0.29) is 11.8 Å². The summed E-state index contributed by atoms with van der Waals surface area (Å²) >= 11 is 0. The highest BCUT2D eigenvalue weighted by Crippen LogP contribution is 2.35. The van der Waals surface area contributed by atoms with Gasteiger partial charge in [0.15, 0.2) is 5.60 Å². The fraction of sp³-hybridized carbons (Fsp3) is 0.619. The molecule has 0 bridgehead atoms. The molecule has 2 amide bonds. The van der Waals surface area contributed by atoms with Gasteiger partial charge in [0.2, 0.25) is 5.91 Å². The first kappa shape index (κ1) is 18.9. The van der Waals surface area contributed by atoms with E-state index in [1.54, 1.807) is 12.4 Å². The summed E-state index contributed by atoms with van der Waals surface area (Å²) in [4.78, 5) is 36.8. The maximum absolute atomic E-state index is 12.7. The quantitative estimate of drug-likeness (QED) is 0.845. The van der Waals surface area contributed by atoms with Gasteiger partial charge < -0.3 is 15.1 Å². The Kier molecular flexibility index (Phi) is 5.59. The number of amides is 2. The molecule has 1 atom stereocenters. The van der Waals surface area contributed by atoms with Gasteiger partial charge in [0.05, 0.1) is 6.54 Å². The molecule has 7 heteroatoms. The van der Waals surface area contributed by atoms with E-state index in [0.717, 1.165) is 24.9 Å². The minimum atomic E-state index is -0.535. The Morgan fingerprint density at radius 3 is 2.79 bits per heavy atom. The molecule has 7 nitrogen and oxygen atoms in total. The summed E-state index contributed by atoms with van der Waals surface area (Å²) < 4.78 is 0. The average molecular weight is 384 g/mol.